The van der Waals surface area contributed by atoms with Crippen molar-refractivity contribution in [2.24, 2.45) is 0 Å². The van der Waals surface area contributed by atoms with Crippen molar-refractivity contribution in [2.45, 2.75) is 82.9 Å². The average molecular weight is 308 g/mol. The Morgan fingerprint density at radius 3 is 2.86 bits per heavy atom. The van der Waals surface area contributed by atoms with Gasteiger partial charge in [-0.2, -0.15) is 0 Å². The van der Waals surface area contributed by atoms with Crippen LogP contribution in [0, 0.1) is 0 Å². The Morgan fingerprint density at radius 1 is 1.27 bits per heavy atom. The topological polar surface area (TPSA) is 32.8 Å². The normalized spacial score (nSPS) is 35.3. The van der Waals surface area contributed by atoms with Crippen molar-refractivity contribution >= 4 is 5.91 Å². The molecule has 0 bridgehead atoms. The van der Waals surface area contributed by atoms with Gasteiger partial charge in [0.1, 0.15) is 0 Å². The quantitative estimate of drug-likeness (QED) is 0.800. The van der Waals surface area contributed by atoms with E-state index in [1.165, 1.54) is 25.8 Å². The molecule has 3 atom stereocenters. The van der Waals surface area contributed by atoms with Crippen LogP contribution < -0.4 is 0 Å². The maximum atomic E-state index is 12.5. The highest BCUT2D eigenvalue weighted by Crippen LogP contribution is 2.40. The zero-order valence-electron chi connectivity index (χ0n) is 14.4. The first kappa shape index (κ1) is 16.3. The Labute approximate surface area is 135 Å². The molecule has 1 spiro atoms. The lowest BCUT2D eigenvalue weighted by molar-refractivity contribution is -0.133. The Balaban J connectivity index is 1.68. The molecule has 0 saturated carbocycles. The predicted molar refractivity (Wildman–Crippen MR) is 87.8 cm³/mol. The minimum absolute atomic E-state index is 0.130. The van der Waals surface area contributed by atoms with Gasteiger partial charge in [0.15, 0.2) is 0 Å². The minimum Gasteiger partial charge on any atom is -0.376 e. The van der Waals surface area contributed by atoms with Crippen LogP contribution in [0.25, 0.3) is 0 Å². The van der Waals surface area contributed by atoms with Crippen LogP contribution in [0.15, 0.2) is 0 Å². The molecule has 0 aromatic heterocycles. The second-order valence-electron chi connectivity index (χ2n) is 7.51. The largest absolute Gasteiger partial charge is 0.376 e. The van der Waals surface area contributed by atoms with Crippen LogP contribution in [0.1, 0.15) is 65.2 Å². The molecule has 4 heteroatoms. The summed E-state index contributed by atoms with van der Waals surface area (Å²) in [7, 11) is 0. The zero-order valence-corrected chi connectivity index (χ0v) is 14.4. The predicted octanol–water partition coefficient (Wildman–Crippen LogP) is 2.81. The second-order valence-corrected chi connectivity index (χ2v) is 7.51. The smallest absolute Gasteiger partial charge is 0.223 e. The van der Waals surface area contributed by atoms with Gasteiger partial charge in [0.2, 0.25) is 5.91 Å². The molecule has 0 radical (unpaired) electrons. The van der Waals surface area contributed by atoms with Crippen molar-refractivity contribution in [3.8, 4) is 0 Å². The second kappa shape index (κ2) is 6.88. The summed E-state index contributed by atoms with van der Waals surface area (Å²) in [5, 5.41) is 0. The van der Waals surface area contributed by atoms with E-state index < -0.39 is 0 Å². The summed E-state index contributed by atoms with van der Waals surface area (Å²) in [5.74, 6) is 0.368. The van der Waals surface area contributed by atoms with Crippen molar-refractivity contribution in [1.82, 2.24) is 9.80 Å². The fourth-order valence-electron chi connectivity index (χ4n) is 4.58. The first-order valence-corrected chi connectivity index (χ1v) is 9.31. The summed E-state index contributed by atoms with van der Waals surface area (Å²) in [4.78, 5) is 17.3. The van der Waals surface area contributed by atoms with Crippen LogP contribution in [0.5, 0.6) is 0 Å². The van der Waals surface area contributed by atoms with Gasteiger partial charge in [-0.25, -0.2) is 0 Å². The van der Waals surface area contributed by atoms with Gasteiger partial charge >= 0.3 is 0 Å². The van der Waals surface area contributed by atoms with E-state index in [4.69, 9.17) is 4.74 Å². The highest BCUT2D eigenvalue weighted by molar-refractivity contribution is 5.79. The Kier molecular flexibility index (Phi) is 5.08. The maximum Gasteiger partial charge on any atom is 0.223 e. The van der Waals surface area contributed by atoms with Crippen LogP contribution in [0.3, 0.4) is 0 Å². The molecule has 4 nitrogen and oxygen atoms in total. The molecule has 3 fully saturated rings. The lowest BCUT2D eigenvalue weighted by Gasteiger charge is -2.39. The van der Waals surface area contributed by atoms with Crippen LogP contribution >= 0.6 is 0 Å². The number of nitrogens with zero attached hydrogens (tertiary/aromatic N) is 2. The number of ether oxygens (including phenoxy) is 1. The van der Waals surface area contributed by atoms with Gasteiger partial charge in [-0.3, -0.25) is 4.79 Å². The molecule has 3 saturated heterocycles. The number of likely N-dealkylation sites (tertiary alicyclic amines) is 2. The molecular formula is C18H32N2O2. The van der Waals surface area contributed by atoms with E-state index in [0.717, 1.165) is 51.8 Å². The van der Waals surface area contributed by atoms with E-state index in [0.29, 0.717) is 11.9 Å². The summed E-state index contributed by atoms with van der Waals surface area (Å²) >= 11 is 0. The monoisotopic (exact) mass is 308 g/mol. The first-order valence-electron chi connectivity index (χ1n) is 9.31. The summed E-state index contributed by atoms with van der Waals surface area (Å²) in [6.07, 6.45) is 9.13. The summed E-state index contributed by atoms with van der Waals surface area (Å²) in [6.45, 7) is 8.66. The molecule has 126 valence electrons. The van der Waals surface area contributed by atoms with E-state index in [9.17, 15) is 4.79 Å². The molecule has 0 aromatic rings. The Bertz CT molecular complexity index is 395. The number of amides is 1. The SMILES string of the molecule is CC[C@H](C)N1CCC[C@]2(CCC(=O)N2C[C@@H]2CCCO2)CC1. The van der Waals surface area contributed by atoms with E-state index in [1.807, 2.05) is 0 Å². The van der Waals surface area contributed by atoms with Crippen molar-refractivity contribution in [3.63, 3.8) is 0 Å². The van der Waals surface area contributed by atoms with Crippen molar-refractivity contribution in [3.05, 3.63) is 0 Å². The van der Waals surface area contributed by atoms with Gasteiger partial charge in [-0.15, -0.1) is 0 Å². The van der Waals surface area contributed by atoms with E-state index >= 15 is 0 Å². The molecule has 0 aromatic carbocycles. The summed E-state index contributed by atoms with van der Waals surface area (Å²) in [6, 6.07) is 0.666. The number of rotatable bonds is 4. The molecule has 0 N–H and O–H groups in total. The summed E-state index contributed by atoms with van der Waals surface area (Å²) in [5.41, 5.74) is 0.130. The van der Waals surface area contributed by atoms with Gasteiger partial charge in [-0.1, -0.05) is 6.92 Å². The highest BCUT2D eigenvalue weighted by Gasteiger charge is 2.46. The lowest BCUT2D eigenvalue weighted by Crippen LogP contribution is -2.49. The van der Waals surface area contributed by atoms with Crippen molar-refractivity contribution in [2.75, 3.05) is 26.2 Å². The molecule has 1 amide bonds. The van der Waals surface area contributed by atoms with Crippen LogP contribution in [0.2, 0.25) is 0 Å². The van der Waals surface area contributed by atoms with E-state index in [-0.39, 0.29) is 11.6 Å². The molecule has 3 heterocycles. The maximum absolute atomic E-state index is 12.5. The van der Waals surface area contributed by atoms with Gasteiger partial charge in [0.05, 0.1) is 6.10 Å². The zero-order chi connectivity index (χ0) is 15.6. The van der Waals surface area contributed by atoms with Gasteiger partial charge < -0.3 is 14.5 Å². The number of hydrogen-bond acceptors (Lipinski definition) is 3. The molecule has 0 aliphatic carbocycles. The number of hydrogen-bond donors (Lipinski definition) is 0. The van der Waals surface area contributed by atoms with Gasteiger partial charge in [-0.05, 0) is 58.4 Å². The van der Waals surface area contributed by atoms with Crippen molar-refractivity contribution < 1.29 is 9.53 Å². The first-order chi connectivity index (χ1) is 10.6. The van der Waals surface area contributed by atoms with E-state index in [1.54, 1.807) is 0 Å². The summed E-state index contributed by atoms with van der Waals surface area (Å²) < 4.78 is 5.80. The molecule has 3 aliphatic rings. The third-order valence-corrected chi connectivity index (χ3v) is 6.25. The Hall–Kier alpha value is -0.610. The molecule has 22 heavy (non-hydrogen) atoms. The van der Waals surface area contributed by atoms with E-state index in [2.05, 4.69) is 23.6 Å². The molecule has 3 aliphatic heterocycles. The van der Waals surface area contributed by atoms with Crippen molar-refractivity contribution in [1.29, 1.82) is 0 Å². The van der Waals surface area contributed by atoms with Crippen LogP contribution in [0.4, 0.5) is 0 Å². The van der Waals surface area contributed by atoms with Crippen LogP contribution in [-0.2, 0) is 9.53 Å². The van der Waals surface area contributed by atoms with Gasteiger partial charge in [0, 0.05) is 37.7 Å². The number of carbonyl (C=O) groups is 1. The minimum atomic E-state index is 0.130. The van der Waals surface area contributed by atoms with Crippen LogP contribution in [-0.4, -0.2) is 59.6 Å². The fourth-order valence-corrected chi connectivity index (χ4v) is 4.58. The van der Waals surface area contributed by atoms with Gasteiger partial charge in [0.25, 0.3) is 0 Å². The Morgan fingerprint density at radius 2 is 2.14 bits per heavy atom. The highest BCUT2D eigenvalue weighted by atomic mass is 16.5. The average Bonchev–Trinajstić information content (AvgIpc) is 3.07. The molecule has 3 rings (SSSR count). The number of carbonyl (C=O) groups excluding carboxylic acids is 1. The third-order valence-electron chi connectivity index (χ3n) is 6.25. The standard InChI is InChI=1S/C18H32N2O2/c1-3-15(2)19-11-5-8-18(10-12-19)9-7-17(21)20(18)14-16-6-4-13-22-16/h15-16H,3-14H2,1-2H3/t15-,16-,18-/m0/s1. The molecule has 0 unspecified atom stereocenters. The lowest BCUT2D eigenvalue weighted by atomic mass is 9.87. The molecular weight excluding hydrogens is 276 g/mol. The fraction of sp³-hybridized carbons (Fsp3) is 0.944. The third kappa shape index (κ3) is 3.18.